The van der Waals surface area contributed by atoms with Crippen molar-refractivity contribution < 1.29 is 9.21 Å². The molecule has 0 fully saturated rings. The Morgan fingerprint density at radius 1 is 0.871 bits per heavy atom. The molecule has 0 saturated carbocycles. The molecule has 0 aliphatic rings. The SMILES string of the molecule is O=C(Nc1cccc(-c2nnco2)c1)c1cn(-c2ccccc2)nc1-c1ccccc1. The first-order chi connectivity index (χ1) is 15.3. The molecule has 3 aromatic carbocycles. The Morgan fingerprint density at radius 3 is 2.35 bits per heavy atom. The Balaban J connectivity index is 1.51. The van der Waals surface area contributed by atoms with E-state index in [-0.39, 0.29) is 5.91 Å². The normalized spacial score (nSPS) is 10.7. The van der Waals surface area contributed by atoms with Gasteiger partial charge in [-0.2, -0.15) is 5.10 Å². The van der Waals surface area contributed by atoms with Crippen LogP contribution in [0.15, 0.2) is 102 Å². The number of anilines is 1. The van der Waals surface area contributed by atoms with E-state index in [2.05, 4.69) is 15.5 Å². The average Bonchev–Trinajstić information content (AvgIpc) is 3.51. The molecule has 0 bridgehead atoms. The number of carbonyl (C=O) groups excluding carboxylic acids is 1. The molecule has 2 heterocycles. The van der Waals surface area contributed by atoms with E-state index in [1.165, 1.54) is 6.39 Å². The van der Waals surface area contributed by atoms with Crippen molar-refractivity contribution in [3.63, 3.8) is 0 Å². The van der Waals surface area contributed by atoms with E-state index in [0.29, 0.717) is 22.8 Å². The van der Waals surface area contributed by atoms with Gasteiger partial charge in [-0.1, -0.05) is 54.6 Å². The Kier molecular flexibility index (Phi) is 4.82. The summed E-state index contributed by atoms with van der Waals surface area (Å²) in [7, 11) is 0. The van der Waals surface area contributed by atoms with E-state index < -0.39 is 0 Å². The lowest BCUT2D eigenvalue weighted by Crippen LogP contribution is -2.12. The molecule has 5 aromatic rings. The van der Waals surface area contributed by atoms with E-state index in [4.69, 9.17) is 9.52 Å². The minimum Gasteiger partial charge on any atom is -0.423 e. The van der Waals surface area contributed by atoms with Gasteiger partial charge >= 0.3 is 0 Å². The third-order valence-corrected chi connectivity index (χ3v) is 4.75. The van der Waals surface area contributed by atoms with Crippen molar-refractivity contribution in [2.75, 3.05) is 5.32 Å². The maximum absolute atomic E-state index is 13.2. The predicted octanol–water partition coefficient (Wildman–Crippen LogP) is 4.84. The molecule has 150 valence electrons. The number of amides is 1. The van der Waals surface area contributed by atoms with Gasteiger partial charge in [-0.3, -0.25) is 4.79 Å². The van der Waals surface area contributed by atoms with Gasteiger partial charge in [0.15, 0.2) is 0 Å². The maximum atomic E-state index is 13.2. The summed E-state index contributed by atoms with van der Waals surface area (Å²) in [5.41, 5.74) is 4.15. The zero-order chi connectivity index (χ0) is 21.0. The Bertz CT molecular complexity index is 1310. The number of carbonyl (C=O) groups is 1. The third kappa shape index (κ3) is 3.84. The van der Waals surface area contributed by atoms with Gasteiger partial charge in [0.2, 0.25) is 12.3 Å². The van der Waals surface area contributed by atoms with Gasteiger partial charge in [0.25, 0.3) is 5.91 Å². The molecular weight excluding hydrogens is 390 g/mol. The molecule has 1 amide bonds. The fourth-order valence-corrected chi connectivity index (χ4v) is 3.29. The zero-order valence-corrected chi connectivity index (χ0v) is 16.3. The summed E-state index contributed by atoms with van der Waals surface area (Å²) in [5.74, 6) is 0.127. The number of nitrogens with one attached hydrogen (secondary N) is 1. The monoisotopic (exact) mass is 407 g/mol. The van der Waals surface area contributed by atoms with Crippen LogP contribution in [0.2, 0.25) is 0 Å². The molecule has 1 N–H and O–H groups in total. The third-order valence-electron chi connectivity index (χ3n) is 4.75. The van der Waals surface area contributed by atoms with E-state index >= 15 is 0 Å². The second kappa shape index (κ2) is 8.08. The summed E-state index contributed by atoms with van der Waals surface area (Å²) in [6, 6.07) is 26.6. The van der Waals surface area contributed by atoms with Gasteiger partial charge in [0, 0.05) is 23.0 Å². The molecule has 7 nitrogen and oxygen atoms in total. The zero-order valence-electron chi connectivity index (χ0n) is 16.3. The Morgan fingerprint density at radius 2 is 1.61 bits per heavy atom. The summed E-state index contributed by atoms with van der Waals surface area (Å²) in [6.45, 7) is 0. The fraction of sp³-hybridized carbons (Fsp3) is 0. The van der Waals surface area contributed by atoms with Gasteiger partial charge in [-0.25, -0.2) is 4.68 Å². The lowest BCUT2D eigenvalue weighted by atomic mass is 10.1. The first-order valence-electron chi connectivity index (χ1n) is 9.66. The van der Waals surface area contributed by atoms with E-state index in [0.717, 1.165) is 16.8 Å². The molecule has 0 radical (unpaired) electrons. The predicted molar refractivity (Wildman–Crippen MR) is 117 cm³/mol. The van der Waals surface area contributed by atoms with Crippen molar-refractivity contribution >= 4 is 11.6 Å². The van der Waals surface area contributed by atoms with Crippen LogP contribution >= 0.6 is 0 Å². The Labute approximate surface area is 178 Å². The summed E-state index contributed by atoms with van der Waals surface area (Å²) in [4.78, 5) is 13.2. The van der Waals surface area contributed by atoms with Gasteiger partial charge in [-0.05, 0) is 30.3 Å². The van der Waals surface area contributed by atoms with Crippen LogP contribution in [0.3, 0.4) is 0 Å². The van der Waals surface area contributed by atoms with Crippen molar-refractivity contribution in [2.45, 2.75) is 0 Å². The molecule has 7 heteroatoms. The van der Waals surface area contributed by atoms with E-state index in [1.54, 1.807) is 16.9 Å². The first-order valence-corrected chi connectivity index (χ1v) is 9.66. The van der Waals surface area contributed by atoms with Crippen LogP contribution < -0.4 is 5.32 Å². The second-order valence-corrected chi connectivity index (χ2v) is 6.82. The second-order valence-electron chi connectivity index (χ2n) is 6.82. The topological polar surface area (TPSA) is 85.8 Å². The smallest absolute Gasteiger partial charge is 0.259 e. The molecule has 0 atom stereocenters. The summed E-state index contributed by atoms with van der Waals surface area (Å²) < 4.78 is 6.96. The number of nitrogens with zero attached hydrogens (tertiary/aromatic N) is 4. The molecule has 0 spiro atoms. The van der Waals surface area contributed by atoms with Gasteiger partial charge in [-0.15, -0.1) is 10.2 Å². The standard InChI is InChI=1S/C24H17N5O2/c30-23(26-19-11-7-10-18(14-19)24-27-25-16-31-24)21-15-29(20-12-5-2-6-13-20)28-22(21)17-8-3-1-4-9-17/h1-16H,(H,26,30). The van der Waals surface area contributed by atoms with Crippen molar-refractivity contribution in [3.8, 4) is 28.4 Å². The van der Waals surface area contributed by atoms with E-state index in [1.807, 2.05) is 78.9 Å². The van der Waals surface area contributed by atoms with Gasteiger partial charge in [0.1, 0.15) is 5.69 Å². The van der Waals surface area contributed by atoms with E-state index in [9.17, 15) is 4.79 Å². The molecule has 0 unspecified atom stereocenters. The number of hydrogen-bond donors (Lipinski definition) is 1. The van der Waals surface area contributed by atoms with Crippen LogP contribution in [0.25, 0.3) is 28.4 Å². The molecule has 0 aliphatic carbocycles. The lowest BCUT2D eigenvalue weighted by molar-refractivity contribution is 0.102. The minimum absolute atomic E-state index is 0.260. The molecule has 5 rings (SSSR count). The first kappa shape index (κ1) is 18.5. The summed E-state index contributed by atoms with van der Waals surface area (Å²) in [5, 5.41) is 15.3. The van der Waals surface area contributed by atoms with Crippen molar-refractivity contribution in [1.82, 2.24) is 20.0 Å². The number of hydrogen-bond acceptors (Lipinski definition) is 5. The highest BCUT2D eigenvalue weighted by Gasteiger charge is 2.19. The fourth-order valence-electron chi connectivity index (χ4n) is 3.29. The minimum atomic E-state index is -0.260. The molecule has 31 heavy (non-hydrogen) atoms. The van der Waals surface area contributed by atoms with Crippen LogP contribution in [0, 0.1) is 0 Å². The van der Waals surface area contributed by atoms with Crippen LogP contribution in [0.4, 0.5) is 5.69 Å². The van der Waals surface area contributed by atoms with Crippen LogP contribution in [-0.4, -0.2) is 25.9 Å². The summed E-state index contributed by atoms with van der Waals surface area (Å²) in [6.07, 6.45) is 3.01. The number of benzene rings is 3. The molecular formula is C24H17N5O2. The maximum Gasteiger partial charge on any atom is 0.259 e. The number of aromatic nitrogens is 4. The number of rotatable bonds is 5. The lowest BCUT2D eigenvalue weighted by Gasteiger charge is -2.06. The Hall–Kier alpha value is -4.52. The van der Waals surface area contributed by atoms with Crippen molar-refractivity contribution in [3.05, 3.63) is 103 Å². The highest BCUT2D eigenvalue weighted by atomic mass is 16.4. The average molecular weight is 407 g/mol. The summed E-state index contributed by atoms with van der Waals surface area (Å²) >= 11 is 0. The molecule has 2 aromatic heterocycles. The quantitative estimate of drug-likeness (QED) is 0.450. The largest absolute Gasteiger partial charge is 0.423 e. The van der Waals surface area contributed by atoms with Crippen molar-refractivity contribution in [2.24, 2.45) is 0 Å². The van der Waals surface area contributed by atoms with Crippen LogP contribution in [0.5, 0.6) is 0 Å². The van der Waals surface area contributed by atoms with Gasteiger partial charge < -0.3 is 9.73 Å². The molecule has 0 aliphatic heterocycles. The highest BCUT2D eigenvalue weighted by molar-refractivity contribution is 6.08. The van der Waals surface area contributed by atoms with Gasteiger partial charge in [0.05, 0.1) is 11.3 Å². The van der Waals surface area contributed by atoms with Crippen LogP contribution in [-0.2, 0) is 0 Å². The number of para-hydroxylation sites is 1. The van der Waals surface area contributed by atoms with Crippen molar-refractivity contribution in [1.29, 1.82) is 0 Å². The van der Waals surface area contributed by atoms with Crippen LogP contribution in [0.1, 0.15) is 10.4 Å². The highest BCUT2D eigenvalue weighted by Crippen LogP contribution is 2.26. The molecule has 0 saturated heterocycles.